The molecule has 0 aliphatic carbocycles. The highest BCUT2D eigenvalue weighted by Crippen LogP contribution is 2.28. The summed E-state index contributed by atoms with van der Waals surface area (Å²) in [6.07, 6.45) is 3.63. The van der Waals surface area contributed by atoms with Gasteiger partial charge in [0.15, 0.2) is 5.78 Å². The largest absolute Gasteiger partial charge is 0.494 e. The average Bonchev–Trinajstić information content (AvgIpc) is 3.28. The first-order valence-electron chi connectivity index (χ1n) is 12.1. The van der Waals surface area contributed by atoms with E-state index in [4.69, 9.17) is 9.72 Å². The molecule has 174 valence electrons. The fourth-order valence-corrected chi connectivity index (χ4v) is 4.74. The van der Waals surface area contributed by atoms with E-state index in [9.17, 15) is 4.79 Å². The molecular weight excluding hydrogens is 422 g/mol. The smallest absolute Gasteiger partial charge is 0.162 e. The van der Waals surface area contributed by atoms with E-state index >= 15 is 0 Å². The number of carbonyl (C=O) groups excluding carboxylic acids is 1. The molecule has 0 atom stereocenters. The van der Waals surface area contributed by atoms with Gasteiger partial charge < -0.3 is 15.0 Å². The SMILES string of the molecule is CC(=O)c1cc(C)cc2[nH]c(-c3ccc(-c4ccc(OCCC5CCNCC5)cc4)cc3)nc12. The number of H-pyrrole nitrogens is 1. The van der Waals surface area contributed by atoms with Gasteiger partial charge in [-0.15, -0.1) is 0 Å². The lowest BCUT2D eigenvalue weighted by Gasteiger charge is -2.22. The van der Waals surface area contributed by atoms with Crippen molar-refractivity contribution in [3.05, 3.63) is 71.8 Å². The summed E-state index contributed by atoms with van der Waals surface area (Å²) in [6.45, 7) is 6.62. The Kier molecular flexibility index (Phi) is 6.45. The Balaban J connectivity index is 1.27. The summed E-state index contributed by atoms with van der Waals surface area (Å²) < 4.78 is 5.98. The van der Waals surface area contributed by atoms with Crippen LogP contribution in [0.1, 0.15) is 42.1 Å². The lowest BCUT2D eigenvalue weighted by Crippen LogP contribution is -2.28. The Labute approximate surface area is 200 Å². The standard InChI is InChI=1S/C29H31N3O2/c1-19-17-26(20(2)33)28-27(18-19)31-29(32-28)24-5-3-22(4-6-24)23-7-9-25(10-8-23)34-16-13-21-11-14-30-15-12-21/h3-10,17-18,21,30H,11-16H2,1-2H3,(H,31,32). The van der Waals surface area contributed by atoms with Gasteiger partial charge in [0.2, 0.25) is 0 Å². The third kappa shape index (κ3) is 4.90. The second kappa shape index (κ2) is 9.82. The van der Waals surface area contributed by atoms with E-state index in [-0.39, 0.29) is 5.78 Å². The second-order valence-electron chi connectivity index (χ2n) is 9.28. The van der Waals surface area contributed by atoms with Crippen molar-refractivity contribution >= 4 is 16.8 Å². The van der Waals surface area contributed by atoms with Crippen LogP contribution < -0.4 is 10.1 Å². The molecular formula is C29H31N3O2. The molecule has 5 nitrogen and oxygen atoms in total. The van der Waals surface area contributed by atoms with Crippen LogP contribution in [0, 0.1) is 12.8 Å². The third-order valence-corrected chi connectivity index (χ3v) is 6.71. The Morgan fingerprint density at radius 3 is 2.29 bits per heavy atom. The number of rotatable bonds is 7. The number of piperidine rings is 1. The first kappa shape index (κ1) is 22.4. The molecule has 5 heteroatoms. The number of aromatic nitrogens is 2. The number of imidazole rings is 1. The van der Waals surface area contributed by atoms with Crippen LogP contribution in [0.15, 0.2) is 60.7 Å². The quantitative estimate of drug-likeness (QED) is 0.328. The van der Waals surface area contributed by atoms with Gasteiger partial charge in [0.25, 0.3) is 0 Å². The molecule has 1 aliphatic rings. The molecule has 0 bridgehead atoms. The van der Waals surface area contributed by atoms with Crippen LogP contribution >= 0.6 is 0 Å². The maximum atomic E-state index is 12.0. The number of ether oxygens (including phenoxy) is 1. The predicted molar refractivity (Wildman–Crippen MR) is 137 cm³/mol. The second-order valence-corrected chi connectivity index (χ2v) is 9.28. The molecule has 1 aliphatic heterocycles. The van der Waals surface area contributed by atoms with Crippen LogP contribution in [0.3, 0.4) is 0 Å². The zero-order valence-corrected chi connectivity index (χ0v) is 19.9. The molecule has 1 saturated heterocycles. The molecule has 2 N–H and O–H groups in total. The molecule has 1 aromatic heterocycles. The number of hydrogen-bond acceptors (Lipinski definition) is 4. The molecule has 4 aromatic rings. The number of Topliss-reactive ketones (excluding diaryl/α,β-unsaturated/α-hetero) is 1. The van der Waals surface area contributed by atoms with E-state index in [2.05, 4.69) is 58.8 Å². The summed E-state index contributed by atoms with van der Waals surface area (Å²) in [4.78, 5) is 20.1. The molecule has 3 aromatic carbocycles. The van der Waals surface area contributed by atoms with Gasteiger partial charge in [0.05, 0.1) is 17.6 Å². The van der Waals surface area contributed by atoms with Crippen LogP contribution in [0.4, 0.5) is 0 Å². The Hall–Kier alpha value is -3.44. The van der Waals surface area contributed by atoms with Crippen molar-refractivity contribution in [3.63, 3.8) is 0 Å². The van der Waals surface area contributed by atoms with Gasteiger partial charge in [-0.05, 0) is 93.1 Å². The monoisotopic (exact) mass is 453 g/mol. The Morgan fingerprint density at radius 2 is 1.62 bits per heavy atom. The highest BCUT2D eigenvalue weighted by atomic mass is 16.5. The van der Waals surface area contributed by atoms with Crippen molar-refractivity contribution in [3.8, 4) is 28.3 Å². The Bertz CT molecular complexity index is 1280. The van der Waals surface area contributed by atoms with Crippen molar-refractivity contribution < 1.29 is 9.53 Å². The summed E-state index contributed by atoms with van der Waals surface area (Å²) in [5.74, 6) is 2.50. The first-order chi connectivity index (χ1) is 16.6. The van der Waals surface area contributed by atoms with Gasteiger partial charge in [-0.2, -0.15) is 0 Å². The molecule has 2 heterocycles. The van der Waals surface area contributed by atoms with Crippen molar-refractivity contribution in [2.45, 2.75) is 33.1 Å². The fraction of sp³-hybridized carbons (Fsp3) is 0.310. The number of ketones is 1. The molecule has 0 spiro atoms. The summed E-state index contributed by atoms with van der Waals surface area (Å²) >= 11 is 0. The van der Waals surface area contributed by atoms with Crippen molar-refractivity contribution in [1.82, 2.24) is 15.3 Å². The minimum atomic E-state index is 0.0285. The van der Waals surface area contributed by atoms with E-state index in [1.807, 2.05) is 19.1 Å². The molecule has 0 unspecified atom stereocenters. The molecule has 0 radical (unpaired) electrons. The summed E-state index contributed by atoms with van der Waals surface area (Å²) in [6, 6.07) is 20.6. The van der Waals surface area contributed by atoms with Crippen LogP contribution in [0.5, 0.6) is 5.75 Å². The van der Waals surface area contributed by atoms with Gasteiger partial charge in [0.1, 0.15) is 11.6 Å². The van der Waals surface area contributed by atoms with Gasteiger partial charge in [-0.25, -0.2) is 4.98 Å². The fourth-order valence-electron chi connectivity index (χ4n) is 4.74. The number of hydrogen-bond donors (Lipinski definition) is 2. The number of aryl methyl sites for hydroxylation is 1. The molecule has 0 saturated carbocycles. The minimum absolute atomic E-state index is 0.0285. The van der Waals surface area contributed by atoms with Crippen molar-refractivity contribution in [2.75, 3.05) is 19.7 Å². The normalized spacial score (nSPS) is 14.4. The van der Waals surface area contributed by atoms with Crippen molar-refractivity contribution in [1.29, 1.82) is 0 Å². The summed E-state index contributed by atoms with van der Waals surface area (Å²) in [5, 5.41) is 3.41. The topological polar surface area (TPSA) is 67.0 Å². The van der Waals surface area contributed by atoms with E-state index < -0.39 is 0 Å². The Morgan fingerprint density at radius 1 is 0.971 bits per heavy atom. The predicted octanol–water partition coefficient (Wildman–Crippen LogP) is 6.18. The number of nitrogens with one attached hydrogen (secondary N) is 2. The van der Waals surface area contributed by atoms with Crippen LogP contribution in [0.25, 0.3) is 33.5 Å². The van der Waals surface area contributed by atoms with Crippen molar-refractivity contribution in [2.24, 2.45) is 5.92 Å². The van der Waals surface area contributed by atoms with Crippen LogP contribution in [0.2, 0.25) is 0 Å². The molecule has 1 fully saturated rings. The van der Waals surface area contributed by atoms with Gasteiger partial charge in [0, 0.05) is 11.1 Å². The van der Waals surface area contributed by atoms with Crippen LogP contribution in [-0.4, -0.2) is 35.4 Å². The molecule has 5 rings (SSSR count). The van der Waals surface area contributed by atoms with E-state index in [1.54, 1.807) is 6.92 Å². The van der Waals surface area contributed by atoms with Gasteiger partial charge in [-0.1, -0.05) is 36.4 Å². The lowest BCUT2D eigenvalue weighted by molar-refractivity contribution is 0.101. The zero-order valence-electron chi connectivity index (χ0n) is 19.9. The average molecular weight is 454 g/mol. The highest BCUT2D eigenvalue weighted by Gasteiger charge is 2.14. The van der Waals surface area contributed by atoms with Gasteiger partial charge >= 0.3 is 0 Å². The van der Waals surface area contributed by atoms with E-state index in [0.29, 0.717) is 5.56 Å². The minimum Gasteiger partial charge on any atom is -0.494 e. The van der Waals surface area contributed by atoms with E-state index in [0.717, 1.165) is 76.9 Å². The molecule has 34 heavy (non-hydrogen) atoms. The number of nitrogens with zero attached hydrogens (tertiary/aromatic N) is 1. The summed E-state index contributed by atoms with van der Waals surface area (Å²) in [5.41, 5.74) is 6.60. The number of carbonyl (C=O) groups is 1. The maximum Gasteiger partial charge on any atom is 0.162 e. The maximum absolute atomic E-state index is 12.0. The third-order valence-electron chi connectivity index (χ3n) is 6.71. The zero-order chi connectivity index (χ0) is 23.5. The highest BCUT2D eigenvalue weighted by molar-refractivity contribution is 6.05. The number of fused-ring (bicyclic) bond motifs is 1. The van der Waals surface area contributed by atoms with Crippen LogP contribution in [-0.2, 0) is 0 Å². The number of aromatic amines is 1. The van der Waals surface area contributed by atoms with E-state index in [1.165, 1.54) is 12.8 Å². The van der Waals surface area contributed by atoms with Gasteiger partial charge in [-0.3, -0.25) is 4.79 Å². The lowest BCUT2D eigenvalue weighted by atomic mass is 9.95. The first-order valence-corrected chi connectivity index (χ1v) is 12.1. The summed E-state index contributed by atoms with van der Waals surface area (Å²) in [7, 11) is 0. The molecule has 0 amide bonds. The number of benzene rings is 3.